The molecular weight excluding hydrogens is 232 g/mol. The molecule has 1 saturated heterocycles. The molecule has 1 aromatic rings. The van der Waals surface area contributed by atoms with Crippen molar-refractivity contribution in [1.29, 1.82) is 0 Å². The molecule has 19 heavy (non-hydrogen) atoms. The van der Waals surface area contributed by atoms with Crippen molar-refractivity contribution in [2.24, 2.45) is 11.1 Å². The average molecular weight is 260 g/mol. The largest absolute Gasteiger partial charge is 0.330 e. The maximum Gasteiger partial charge on any atom is 0.0239 e. The first-order valence-corrected chi connectivity index (χ1v) is 7.43. The number of likely N-dealkylation sites (tertiary alicyclic amines) is 1. The van der Waals surface area contributed by atoms with Gasteiger partial charge in [0.15, 0.2) is 0 Å². The Bertz CT molecular complexity index is 420. The molecule has 1 aromatic carbocycles. The normalized spacial score (nSPS) is 19.6. The lowest BCUT2D eigenvalue weighted by Gasteiger charge is -2.39. The molecule has 0 aliphatic carbocycles. The lowest BCUT2D eigenvalue weighted by molar-refractivity contribution is 0.119. The first-order valence-electron chi connectivity index (χ1n) is 7.43. The highest BCUT2D eigenvalue weighted by Gasteiger charge is 2.28. The van der Waals surface area contributed by atoms with E-state index in [4.69, 9.17) is 5.73 Å². The summed E-state index contributed by atoms with van der Waals surface area (Å²) in [4.78, 5) is 2.59. The fraction of sp³-hybridized carbons (Fsp3) is 0.647. The zero-order valence-corrected chi connectivity index (χ0v) is 12.9. The summed E-state index contributed by atoms with van der Waals surface area (Å²) in [5.74, 6) is 0. The van der Waals surface area contributed by atoms with Crippen LogP contribution in [-0.4, -0.2) is 24.5 Å². The zero-order valence-electron chi connectivity index (χ0n) is 12.9. The minimum Gasteiger partial charge on any atom is -0.330 e. The van der Waals surface area contributed by atoms with E-state index in [1.165, 1.54) is 48.2 Å². The van der Waals surface area contributed by atoms with E-state index >= 15 is 0 Å². The van der Waals surface area contributed by atoms with Crippen molar-refractivity contribution in [2.75, 3.05) is 19.6 Å². The second kappa shape index (κ2) is 5.64. The molecule has 0 amide bonds. The Hall–Kier alpha value is -0.860. The number of nitrogens with zero attached hydrogens (tertiary/aromatic N) is 1. The van der Waals surface area contributed by atoms with Crippen LogP contribution >= 0.6 is 0 Å². The van der Waals surface area contributed by atoms with E-state index in [1.807, 2.05) is 0 Å². The van der Waals surface area contributed by atoms with Crippen LogP contribution in [0.25, 0.3) is 0 Å². The smallest absolute Gasteiger partial charge is 0.0239 e. The molecule has 0 unspecified atom stereocenters. The van der Waals surface area contributed by atoms with Gasteiger partial charge in [-0.3, -0.25) is 4.90 Å². The quantitative estimate of drug-likeness (QED) is 0.904. The molecular formula is C17H28N2. The van der Waals surface area contributed by atoms with Crippen LogP contribution < -0.4 is 5.73 Å². The summed E-state index contributed by atoms with van der Waals surface area (Å²) in [5, 5.41) is 0. The third-order valence-electron chi connectivity index (χ3n) is 4.78. The molecule has 1 heterocycles. The van der Waals surface area contributed by atoms with Crippen molar-refractivity contribution in [3.05, 3.63) is 34.4 Å². The van der Waals surface area contributed by atoms with E-state index in [1.54, 1.807) is 0 Å². The maximum absolute atomic E-state index is 5.88. The predicted molar refractivity (Wildman–Crippen MR) is 82.3 cm³/mol. The number of hydrogen-bond acceptors (Lipinski definition) is 2. The highest BCUT2D eigenvalue weighted by molar-refractivity contribution is 5.37. The van der Waals surface area contributed by atoms with E-state index in [0.29, 0.717) is 5.41 Å². The van der Waals surface area contributed by atoms with Gasteiger partial charge >= 0.3 is 0 Å². The summed E-state index contributed by atoms with van der Waals surface area (Å²) >= 11 is 0. The van der Waals surface area contributed by atoms with Gasteiger partial charge in [0, 0.05) is 6.54 Å². The first-order chi connectivity index (χ1) is 8.93. The fourth-order valence-electron chi connectivity index (χ4n) is 3.14. The Balaban J connectivity index is 2.04. The molecule has 0 atom stereocenters. The van der Waals surface area contributed by atoms with Crippen LogP contribution in [0.4, 0.5) is 0 Å². The first kappa shape index (κ1) is 14.5. The van der Waals surface area contributed by atoms with E-state index in [-0.39, 0.29) is 0 Å². The van der Waals surface area contributed by atoms with Crippen molar-refractivity contribution < 1.29 is 0 Å². The lowest BCUT2D eigenvalue weighted by atomic mass is 9.80. The van der Waals surface area contributed by atoms with Crippen LogP contribution in [0.5, 0.6) is 0 Å². The van der Waals surface area contributed by atoms with E-state index in [2.05, 4.69) is 44.7 Å². The number of rotatable bonds is 3. The summed E-state index contributed by atoms with van der Waals surface area (Å²) in [6, 6.07) is 4.60. The van der Waals surface area contributed by atoms with Crippen molar-refractivity contribution >= 4 is 0 Å². The summed E-state index contributed by atoms with van der Waals surface area (Å²) in [6.45, 7) is 13.3. The molecule has 0 aromatic heterocycles. The second-order valence-electron chi connectivity index (χ2n) is 6.67. The Morgan fingerprint density at radius 3 is 2.11 bits per heavy atom. The van der Waals surface area contributed by atoms with E-state index in [0.717, 1.165) is 13.1 Å². The lowest BCUT2D eigenvalue weighted by Crippen LogP contribution is -2.42. The fourth-order valence-corrected chi connectivity index (χ4v) is 3.14. The Morgan fingerprint density at radius 1 is 1.11 bits per heavy atom. The third-order valence-corrected chi connectivity index (χ3v) is 4.78. The van der Waals surface area contributed by atoms with Crippen LogP contribution in [0, 0.1) is 26.2 Å². The number of piperidine rings is 1. The molecule has 2 rings (SSSR count). The van der Waals surface area contributed by atoms with Crippen LogP contribution in [0.1, 0.15) is 42.0 Å². The van der Waals surface area contributed by atoms with Crippen molar-refractivity contribution in [3.63, 3.8) is 0 Å². The summed E-state index contributed by atoms with van der Waals surface area (Å²) in [7, 11) is 0. The van der Waals surface area contributed by atoms with Gasteiger partial charge in [0.1, 0.15) is 0 Å². The van der Waals surface area contributed by atoms with Crippen molar-refractivity contribution in [3.8, 4) is 0 Å². The van der Waals surface area contributed by atoms with Gasteiger partial charge in [-0.2, -0.15) is 0 Å². The molecule has 2 heteroatoms. The number of benzene rings is 1. The zero-order chi connectivity index (χ0) is 14.0. The molecule has 0 saturated carbocycles. The Morgan fingerprint density at radius 2 is 1.63 bits per heavy atom. The molecule has 1 aliphatic rings. The second-order valence-corrected chi connectivity index (χ2v) is 6.67. The monoisotopic (exact) mass is 260 g/mol. The average Bonchev–Trinajstić information content (AvgIpc) is 2.36. The Kier molecular flexibility index (Phi) is 4.32. The summed E-state index contributed by atoms with van der Waals surface area (Å²) < 4.78 is 0. The number of nitrogens with two attached hydrogens (primary N) is 1. The number of hydrogen-bond donors (Lipinski definition) is 1. The number of aryl methyl sites for hydroxylation is 3. The summed E-state index contributed by atoms with van der Waals surface area (Å²) in [5.41, 5.74) is 12.0. The van der Waals surface area contributed by atoms with Gasteiger partial charge in [-0.25, -0.2) is 0 Å². The van der Waals surface area contributed by atoms with Crippen LogP contribution in [0.3, 0.4) is 0 Å². The molecule has 1 fully saturated rings. The van der Waals surface area contributed by atoms with Gasteiger partial charge in [-0.05, 0) is 75.4 Å². The highest BCUT2D eigenvalue weighted by Crippen LogP contribution is 2.30. The van der Waals surface area contributed by atoms with Crippen molar-refractivity contribution in [1.82, 2.24) is 4.90 Å². The molecule has 2 nitrogen and oxygen atoms in total. The predicted octanol–water partition coefficient (Wildman–Crippen LogP) is 3.17. The molecule has 0 spiro atoms. The van der Waals surface area contributed by atoms with Gasteiger partial charge < -0.3 is 5.73 Å². The van der Waals surface area contributed by atoms with E-state index < -0.39 is 0 Å². The summed E-state index contributed by atoms with van der Waals surface area (Å²) in [6.07, 6.45) is 2.46. The minimum atomic E-state index is 0.369. The molecule has 0 bridgehead atoms. The maximum atomic E-state index is 5.88. The van der Waals surface area contributed by atoms with Crippen molar-refractivity contribution in [2.45, 2.75) is 47.1 Å². The van der Waals surface area contributed by atoms with Gasteiger partial charge in [-0.15, -0.1) is 0 Å². The SMILES string of the molecule is Cc1cc(C)c(CN2CCC(C)(CN)CC2)c(C)c1. The van der Waals surface area contributed by atoms with Gasteiger partial charge in [-0.1, -0.05) is 24.6 Å². The molecule has 1 aliphatic heterocycles. The molecule has 2 N–H and O–H groups in total. The standard InChI is InChI=1S/C17H28N2/c1-13-9-14(2)16(15(3)10-13)11-19-7-5-17(4,12-18)6-8-19/h9-10H,5-8,11-12,18H2,1-4H3. The van der Waals surface area contributed by atoms with Crippen LogP contribution in [-0.2, 0) is 6.54 Å². The highest BCUT2D eigenvalue weighted by atomic mass is 15.1. The molecule has 106 valence electrons. The Labute approximate surface area is 118 Å². The third kappa shape index (κ3) is 3.37. The van der Waals surface area contributed by atoms with Gasteiger partial charge in [0.05, 0.1) is 0 Å². The minimum absolute atomic E-state index is 0.369. The van der Waals surface area contributed by atoms with Crippen LogP contribution in [0.15, 0.2) is 12.1 Å². The molecule has 0 radical (unpaired) electrons. The van der Waals surface area contributed by atoms with Gasteiger partial charge in [0.25, 0.3) is 0 Å². The topological polar surface area (TPSA) is 29.3 Å². The van der Waals surface area contributed by atoms with E-state index in [9.17, 15) is 0 Å². The van der Waals surface area contributed by atoms with Crippen LogP contribution in [0.2, 0.25) is 0 Å². The van der Waals surface area contributed by atoms with Gasteiger partial charge in [0.2, 0.25) is 0 Å².